The van der Waals surface area contributed by atoms with Gasteiger partial charge in [0.15, 0.2) is 8.07 Å². The Morgan fingerprint density at radius 2 is 0.821 bits per heavy atom. The van der Waals surface area contributed by atoms with Crippen LogP contribution >= 0.6 is 0 Å². The van der Waals surface area contributed by atoms with Gasteiger partial charge in [-0.1, -0.05) is 134 Å². The maximum absolute atomic E-state index is 2.60. The molecule has 3 aromatic carbocycles. The van der Waals surface area contributed by atoms with Crippen LogP contribution in [0.1, 0.15) is 88.8 Å². The monoisotopic (exact) mass is 534 g/mol. The van der Waals surface area contributed by atoms with Crippen molar-refractivity contribution in [1.82, 2.24) is 0 Å². The fraction of sp³-hybridized carbons (Fsp3) is 0.421. The van der Waals surface area contributed by atoms with E-state index in [-0.39, 0.29) is 0 Å². The van der Waals surface area contributed by atoms with Crippen LogP contribution in [0.15, 0.2) is 78.4 Å². The molecule has 0 N–H and O–H groups in total. The van der Waals surface area contributed by atoms with Crippen molar-refractivity contribution in [1.29, 1.82) is 0 Å². The Labute approximate surface area is 240 Å². The van der Waals surface area contributed by atoms with Crippen molar-refractivity contribution >= 4 is 23.6 Å². The van der Waals surface area contributed by atoms with Crippen molar-refractivity contribution in [2.75, 3.05) is 0 Å². The molecule has 0 radical (unpaired) electrons. The lowest BCUT2D eigenvalue weighted by atomic mass is 10.0. The second-order valence-corrected chi connectivity index (χ2v) is 15.7. The summed E-state index contributed by atoms with van der Waals surface area (Å²) in [5.74, 6) is 0.511. The predicted molar refractivity (Wildman–Crippen MR) is 176 cm³/mol. The summed E-state index contributed by atoms with van der Waals surface area (Å²) in [5.41, 5.74) is 10.9. The van der Waals surface area contributed by atoms with E-state index in [0.717, 1.165) is 38.5 Å². The van der Waals surface area contributed by atoms with Gasteiger partial charge >= 0.3 is 0 Å². The molecule has 1 heteroatoms. The molecule has 4 rings (SSSR count). The third-order valence-electron chi connectivity index (χ3n) is 9.06. The van der Waals surface area contributed by atoms with Crippen LogP contribution in [0, 0.1) is 5.92 Å². The second kappa shape index (κ2) is 12.7. The average Bonchev–Trinajstić information content (AvgIpc) is 3.47. The smallest absolute Gasteiger partial charge is 0.0790 e. The van der Waals surface area contributed by atoms with Crippen LogP contribution < -0.4 is 15.6 Å². The molecule has 0 bridgehead atoms. The topological polar surface area (TPSA) is 0 Å². The standard InChI is InChI=1S/C38H50Si/c1-9-28-18-29(10-2)22-34(21-28)39(38-17-15-16-37(38)27(7)8,35-23-30(11-3)19-31(12-4)24-35)36-25-32(13-5)20-33(14-6)26-36/h15-27,38H,9-14H2,1-8H3. The highest BCUT2D eigenvalue weighted by Gasteiger charge is 2.48. The van der Waals surface area contributed by atoms with Crippen molar-refractivity contribution in [3.8, 4) is 0 Å². The highest BCUT2D eigenvalue weighted by molar-refractivity contribution is 7.13. The molecular formula is C38H50Si. The number of allylic oxidation sites excluding steroid dienone is 4. The van der Waals surface area contributed by atoms with Crippen LogP contribution in [-0.2, 0) is 38.5 Å². The first-order valence-corrected chi connectivity index (χ1v) is 17.7. The molecule has 0 fully saturated rings. The summed E-state index contributed by atoms with van der Waals surface area (Å²) in [6, 6.07) is 23.0. The Balaban J connectivity index is 2.25. The van der Waals surface area contributed by atoms with Gasteiger partial charge in [-0.25, -0.2) is 0 Å². The van der Waals surface area contributed by atoms with Gasteiger partial charge in [0.05, 0.1) is 0 Å². The summed E-state index contributed by atoms with van der Waals surface area (Å²) in [4.78, 5) is 0. The van der Waals surface area contributed by atoms with E-state index in [1.54, 1.807) is 21.1 Å². The number of rotatable bonds is 11. The summed E-state index contributed by atoms with van der Waals surface area (Å²) in [6.45, 7) is 18.7. The number of hydrogen-bond donors (Lipinski definition) is 0. The molecule has 0 saturated heterocycles. The van der Waals surface area contributed by atoms with E-state index in [4.69, 9.17) is 0 Å². The Bertz CT molecular complexity index is 1150. The first-order valence-electron chi connectivity index (χ1n) is 15.6. The number of aryl methyl sites for hydroxylation is 6. The van der Waals surface area contributed by atoms with E-state index in [1.807, 2.05) is 0 Å². The van der Waals surface area contributed by atoms with Crippen molar-refractivity contribution in [3.63, 3.8) is 0 Å². The third kappa shape index (κ3) is 5.66. The summed E-state index contributed by atoms with van der Waals surface area (Å²) in [5, 5.41) is 4.77. The molecular weight excluding hydrogens is 485 g/mol. The second-order valence-electron chi connectivity index (χ2n) is 11.7. The van der Waals surface area contributed by atoms with Crippen LogP contribution in [0.2, 0.25) is 5.54 Å². The lowest BCUT2D eigenvalue weighted by molar-refractivity contribution is 0.748. The van der Waals surface area contributed by atoms with Gasteiger partial charge in [-0.3, -0.25) is 0 Å². The van der Waals surface area contributed by atoms with Crippen LogP contribution in [0.3, 0.4) is 0 Å². The Kier molecular flexibility index (Phi) is 9.54. The molecule has 1 aliphatic carbocycles. The van der Waals surface area contributed by atoms with E-state index >= 15 is 0 Å². The SMILES string of the molecule is CCc1cc(CC)cc([Si](c2cc(CC)cc(CC)c2)(c2cc(CC)cc(CC)c2)C2C=CC=C2C(C)C)c1. The van der Waals surface area contributed by atoms with Crippen LogP contribution in [0.4, 0.5) is 0 Å². The zero-order valence-corrected chi connectivity index (χ0v) is 26.8. The molecule has 0 amide bonds. The van der Waals surface area contributed by atoms with Gasteiger partial charge in [0, 0.05) is 5.54 Å². The van der Waals surface area contributed by atoms with E-state index in [0.29, 0.717) is 11.5 Å². The zero-order valence-electron chi connectivity index (χ0n) is 25.8. The predicted octanol–water partition coefficient (Wildman–Crippen LogP) is 8.05. The molecule has 1 unspecified atom stereocenters. The first kappa shape index (κ1) is 29.3. The van der Waals surface area contributed by atoms with Gasteiger partial charge in [-0.15, -0.1) is 0 Å². The molecule has 0 heterocycles. The number of benzene rings is 3. The minimum atomic E-state index is -2.56. The molecule has 1 atom stereocenters. The Hall–Kier alpha value is -2.64. The molecule has 206 valence electrons. The minimum absolute atomic E-state index is 0.405. The first-order chi connectivity index (χ1) is 18.8. The molecule has 0 aliphatic heterocycles. The summed E-state index contributed by atoms with van der Waals surface area (Å²) in [6.07, 6.45) is 13.8. The molecule has 0 aromatic heterocycles. The molecule has 39 heavy (non-hydrogen) atoms. The van der Waals surface area contributed by atoms with Gasteiger partial charge in [0.2, 0.25) is 0 Å². The Morgan fingerprint density at radius 1 is 0.513 bits per heavy atom. The number of hydrogen-bond acceptors (Lipinski definition) is 0. The zero-order chi connectivity index (χ0) is 28.2. The lowest BCUT2D eigenvalue weighted by Gasteiger charge is -2.42. The molecule has 0 saturated carbocycles. The van der Waals surface area contributed by atoms with Crippen molar-refractivity contribution in [2.24, 2.45) is 5.92 Å². The minimum Gasteiger partial charge on any atom is -0.0790 e. The molecule has 0 nitrogen and oxygen atoms in total. The summed E-state index contributed by atoms with van der Waals surface area (Å²) >= 11 is 0. The van der Waals surface area contributed by atoms with Crippen molar-refractivity contribution in [2.45, 2.75) is 99.5 Å². The van der Waals surface area contributed by atoms with E-state index in [9.17, 15) is 0 Å². The molecule has 1 aliphatic rings. The highest BCUT2D eigenvalue weighted by Crippen LogP contribution is 2.40. The van der Waals surface area contributed by atoms with Gasteiger partial charge in [0.25, 0.3) is 0 Å². The summed E-state index contributed by atoms with van der Waals surface area (Å²) < 4.78 is 0. The van der Waals surface area contributed by atoms with Crippen molar-refractivity contribution < 1.29 is 0 Å². The maximum atomic E-state index is 2.60. The van der Waals surface area contributed by atoms with E-state index < -0.39 is 8.07 Å². The fourth-order valence-electron chi connectivity index (χ4n) is 6.67. The third-order valence-corrected chi connectivity index (χ3v) is 14.1. The largest absolute Gasteiger partial charge is 0.159 e. The van der Waals surface area contributed by atoms with Crippen molar-refractivity contribution in [3.05, 3.63) is 112 Å². The van der Waals surface area contributed by atoms with E-state index in [1.165, 1.54) is 33.4 Å². The van der Waals surface area contributed by atoms with Gasteiger partial charge in [-0.2, -0.15) is 0 Å². The summed E-state index contributed by atoms with van der Waals surface area (Å²) in [7, 11) is -2.56. The molecule has 0 spiro atoms. The lowest BCUT2D eigenvalue weighted by Crippen LogP contribution is -2.70. The Morgan fingerprint density at radius 3 is 1.08 bits per heavy atom. The van der Waals surface area contributed by atoms with E-state index in [2.05, 4.69) is 128 Å². The fourth-order valence-corrected chi connectivity index (χ4v) is 12.6. The van der Waals surface area contributed by atoms with Gasteiger partial charge < -0.3 is 0 Å². The van der Waals surface area contributed by atoms with Crippen LogP contribution in [0.5, 0.6) is 0 Å². The normalized spacial score (nSPS) is 15.3. The maximum Gasteiger partial charge on any atom is 0.159 e. The quantitative estimate of drug-likeness (QED) is 0.172. The molecule has 3 aromatic rings. The average molecular weight is 535 g/mol. The van der Waals surface area contributed by atoms with Gasteiger partial charge in [0.1, 0.15) is 0 Å². The van der Waals surface area contributed by atoms with Gasteiger partial charge in [-0.05, 0) is 93.4 Å². The van der Waals surface area contributed by atoms with Crippen LogP contribution in [0.25, 0.3) is 0 Å². The van der Waals surface area contributed by atoms with Crippen LogP contribution in [-0.4, -0.2) is 8.07 Å². The highest BCUT2D eigenvalue weighted by atomic mass is 28.3.